The Hall–Kier alpha value is -1.26. The Kier molecular flexibility index (Phi) is 4.99. The molecule has 0 saturated heterocycles. The van der Waals surface area contributed by atoms with Gasteiger partial charge in [-0.05, 0) is 31.0 Å². The third kappa shape index (κ3) is 3.89. The summed E-state index contributed by atoms with van der Waals surface area (Å²) < 4.78 is 0. The van der Waals surface area contributed by atoms with Gasteiger partial charge in [-0.25, -0.2) is 0 Å². The molecule has 4 nitrogen and oxygen atoms in total. The van der Waals surface area contributed by atoms with Crippen LogP contribution in [-0.2, 0) is 0 Å². The zero-order valence-corrected chi connectivity index (χ0v) is 11.4. The summed E-state index contributed by atoms with van der Waals surface area (Å²) in [4.78, 5) is 11.9. The molecule has 0 radical (unpaired) electrons. The van der Waals surface area contributed by atoms with Crippen molar-refractivity contribution >= 4 is 23.2 Å². The molecule has 0 unspecified atom stereocenters. The van der Waals surface area contributed by atoms with E-state index in [2.05, 4.69) is 5.32 Å². The van der Waals surface area contributed by atoms with Gasteiger partial charge in [0.2, 0.25) is 0 Å². The first-order valence-electron chi connectivity index (χ1n) is 5.97. The predicted molar refractivity (Wildman–Crippen MR) is 73.7 cm³/mol. The number of nitrogens with one attached hydrogen (secondary N) is 1. The van der Waals surface area contributed by atoms with Crippen LogP contribution in [0.3, 0.4) is 0 Å². The Morgan fingerprint density at radius 2 is 2.00 bits per heavy atom. The third-order valence-corrected chi connectivity index (χ3v) is 3.29. The summed E-state index contributed by atoms with van der Waals surface area (Å²) in [5.41, 5.74) is 5.59. The van der Waals surface area contributed by atoms with Crippen molar-refractivity contribution in [2.45, 2.75) is 32.3 Å². The lowest BCUT2D eigenvalue weighted by Crippen LogP contribution is -2.42. The van der Waals surface area contributed by atoms with E-state index in [9.17, 15) is 9.90 Å². The molecule has 100 valence electrons. The van der Waals surface area contributed by atoms with Crippen molar-refractivity contribution in [3.63, 3.8) is 0 Å². The van der Waals surface area contributed by atoms with Crippen LogP contribution in [-0.4, -0.2) is 23.2 Å². The van der Waals surface area contributed by atoms with E-state index >= 15 is 0 Å². The van der Waals surface area contributed by atoms with Crippen LogP contribution in [0.25, 0.3) is 0 Å². The van der Waals surface area contributed by atoms with E-state index in [0.29, 0.717) is 29.1 Å². The lowest BCUT2D eigenvalue weighted by atomic mass is 9.97. The van der Waals surface area contributed by atoms with E-state index in [4.69, 9.17) is 17.3 Å². The Morgan fingerprint density at radius 1 is 1.39 bits per heavy atom. The molecular weight excluding hydrogens is 252 g/mol. The van der Waals surface area contributed by atoms with Gasteiger partial charge in [-0.3, -0.25) is 4.79 Å². The first-order valence-corrected chi connectivity index (χ1v) is 6.34. The zero-order chi connectivity index (χ0) is 13.8. The van der Waals surface area contributed by atoms with Crippen molar-refractivity contribution in [1.82, 2.24) is 5.32 Å². The molecule has 1 aromatic carbocycles. The van der Waals surface area contributed by atoms with Crippen LogP contribution < -0.4 is 11.1 Å². The molecule has 0 atom stereocenters. The fourth-order valence-corrected chi connectivity index (χ4v) is 1.83. The van der Waals surface area contributed by atoms with Gasteiger partial charge < -0.3 is 16.2 Å². The van der Waals surface area contributed by atoms with E-state index in [0.717, 1.165) is 0 Å². The van der Waals surface area contributed by atoms with Crippen LogP contribution in [0.2, 0.25) is 5.02 Å². The lowest BCUT2D eigenvalue weighted by Gasteiger charge is -2.25. The molecule has 5 heteroatoms. The summed E-state index contributed by atoms with van der Waals surface area (Å²) in [6, 6.07) is 4.68. The van der Waals surface area contributed by atoms with E-state index in [1.165, 1.54) is 0 Å². The van der Waals surface area contributed by atoms with Gasteiger partial charge in [-0.1, -0.05) is 25.4 Å². The maximum absolute atomic E-state index is 11.9. The number of amides is 1. The van der Waals surface area contributed by atoms with Gasteiger partial charge >= 0.3 is 0 Å². The van der Waals surface area contributed by atoms with Crippen molar-refractivity contribution in [2.24, 2.45) is 0 Å². The van der Waals surface area contributed by atoms with Gasteiger partial charge in [-0.2, -0.15) is 0 Å². The summed E-state index contributed by atoms with van der Waals surface area (Å²) in [7, 11) is 0. The second-order valence-corrected chi connectivity index (χ2v) is 4.82. The average Bonchev–Trinajstić information content (AvgIpc) is 2.34. The lowest BCUT2D eigenvalue weighted by molar-refractivity contribution is 0.0314. The highest BCUT2D eigenvalue weighted by atomic mass is 35.5. The summed E-state index contributed by atoms with van der Waals surface area (Å²) in [6.07, 6.45) is 1.17. The van der Waals surface area contributed by atoms with Crippen LogP contribution in [0.4, 0.5) is 5.69 Å². The standard InChI is InChI=1S/C13H19ClN2O2/c1-3-13(18,4-2)8-16-12(17)9-5-10(14)7-11(15)6-9/h5-7,18H,3-4,8,15H2,1-2H3,(H,16,17). The predicted octanol–water partition coefficient (Wildman–Crippen LogP) is 2.20. The topological polar surface area (TPSA) is 75.3 Å². The van der Waals surface area contributed by atoms with E-state index in [1.54, 1.807) is 18.2 Å². The molecule has 0 heterocycles. The van der Waals surface area contributed by atoms with Gasteiger partial charge in [0.05, 0.1) is 5.60 Å². The van der Waals surface area contributed by atoms with Crippen molar-refractivity contribution in [3.05, 3.63) is 28.8 Å². The number of carbonyl (C=O) groups excluding carboxylic acids is 1. The number of hydrogen-bond donors (Lipinski definition) is 3. The van der Waals surface area contributed by atoms with Gasteiger partial charge in [0.1, 0.15) is 0 Å². The monoisotopic (exact) mass is 270 g/mol. The Labute approximate surface area is 112 Å². The molecule has 0 aliphatic rings. The highest BCUT2D eigenvalue weighted by molar-refractivity contribution is 6.31. The molecule has 18 heavy (non-hydrogen) atoms. The van der Waals surface area contributed by atoms with Crippen molar-refractivity contribution in [3.8, 4) is 0 Å². The maximum atomic E-state index is 11.9. The molecule has 1 rings (SSSR count). The molecule has 0 fully saturated rings. The molecule has 0 aliphatic carbocycles. The van der Waals surface area contributed by atoms with Crippen LogP contribution in [0.1, 0.15) is 37.0 Å². The molecule has 0 aliphatic heterocycles. The molecule has 0 saturated carbocycles. The average molecular weight is 271 g/mol. The second-order valence-electron chi connectivity index (χ2n) is 4.39. The zero-order valence-electron chi connectivity index (χ0n) is 10.7. The molecule has 0 spiro atoms. The molecule has 0 bridgehead atoms. The Balaban J connectivity index is 2.71. The number of carbonyl (C=O) groups is 1. The minimum atomic E-state index is -0.861. The highest BCUT2D eigenvalue weighted by Crippen LogP contribution is 2.17. The largest absolute Gasteiger partial charge is 0.399 e. The fourth-order valence-electron chi connectivity index (χ4n) is 1.59. The van der Waals surface area contributed by atoms with E-state index in [-0.39, 0.29) is 12.5 Å². The number of aliphatic hydroxyl groups is 1. The van der Waals surface area contributed by atoms with Crippen molar-refractivity contribution in [2.75, 3.05) is 12.3 Å². The van der Waals surface area contributed by atoms with Gasteiger partial charge in [0.25, 0.3) is 5.91 Å². The molecule has 0 aromatic heterocycles. The van der Waals surface area contributed by atoms with E-state index < -0.39 is 5.60 Å². The van der Waals surface area contributed by atoms with Crippen LogP contribution in [0.5, 0.6) is 0 Å². The minimum Gasteiger partial charge on any atom is -0.399 e. The van der Waals surface area contributed by atoms with Crippen molar-refractivity contribution < 1.29 is 9.90 Å². The minimum absolute atomic E-state index is 0.214. The Morgan fingerprint density at radius 3 is 2.50 bits per heavy atom. The van der Waals surface area contributed by atoms with Crippen LogP contribution >= 0.6 is 11.6 Å². The quantitative estimate of drug-likeness (QED) is 0.718. The number of nitrogens with two attached hydrogens (primary N) is 1. The number of halogens is 1. The van der Waals surface area contributed by atoms with Gasteiger partial charge in [-0.15, -0.1) is 0 Å². The summed E-state index contributed by atoms with van der Waals surface area (Å²) >= 11 is 5.83. The second kappa shape index (κ2) is 6.07. The Bertz CT molecular complexity index is 411. The number of rotatable bonds is 5. The first-order chi connectivity index (χ1) is 8.40. The normalized spacial score (nSPS) is 11.3. The smallest absolute Gasteiger partial charge is 0.251 e. The summed E-state index contributed by atoms with van der Waals surface area (Å²) in [5, 5.41) is 13.2. The van der Waals surface area contributed by atoms with Crippen molar-refractivity contribution in [1.29, 1.82) is 0 Å². The molecule has 4 N–H and O–H groups in total. The van der Waals surface area contributed by atoms with Crippen LogP contribution in [0, 0.1) is 0 Å². The molecule has 1 amide bonds. The highest BCUT2D eigenvalue weighted by Gasteiger charge is 2.23. The van der Waals surface area contributed by atoms with Gasteiger partial charge in [0, 0.05) is 22.8 Å². The number of hydrogen-bond acceptors (Lipinski definition) is 3. The fraction of sp³-hybridized carbons (Fsp3) is 0.462. The molecule has 1 aromatic rings. The number of benzene rings is 1. The third-order valence-electron chi connectivity index (χ3n) is 3.08. The molecular formula is C13H19ClN2O2. The number of anilines is 1. The summed E-state index contributed by atoms with van der Waals surface area (Å²) in [6.45, 7) is 3.98. The summed E-state index contributed by atoms with van der Waals surface area (Å²) in [5.74, 6) is -0.287. The van der Waals surface area contributed by atoms with Gasteiger partial charge in [0.15, 0.2) is 0 Å². The number of nitrogen functional groups attached to an aromatic ring is 1. The SMILES string of the molecule is CCC(O)(CC)CNC(=O)c1cc(N)cc(Cl)c1. The first kappa shape index (κ1) is 14.8. The maximum Gasteiger partial charge on any atom is 0.251 e. The van der Waals surface area contributed by atoms with Crippen LogP contribution in [0.15, 0.2) is 18.2 Å². The van der Waals surface area contributed by atoms with E-state index in [1.807, 2.05) is 13.8 Å².